The number of benzene rings is 2. The van der Waals surface area contributed by atoms with Crippen molar-refractivity contribution in [1.29, 1.82) is 0 Å². The van der Waals surface area contributed by atoms with Crippen LogP contribution in [0.3, 0.4) is 0 Å². The molecule has 15 heteroatoms. The third kappa shape index (κ3) is 12.3. The van der Waals surface area contributed by atoms with Crippen LogP contribution in [0.25, 0.3) is 33.4 Å². The Morgan fingerprint density at radius 3 is 2.49 bits per heavy atom. The normalized spacial score (nSPS) is 16.4. The Hall–Kier alpha value is -4.41. The van der Waals surface area contributed by atoms with Crippen molar-refractivity contribution in [3.05, 3.63) is 60.0 Å². The number of carbonyl (C=O) groups is 2. The number of pyridine rings is 1. The van der Waals surface area contributed by atoms with E-state index in [1.807, 2.05) is 51.1 Å². The van der Waals surface area contributed by atoms with E-state index < -0.39 is 25.5 Å². The average molecular weight is 834 g/mol. The molecule has 13 nitrogen and oxygen atoms in total. The highest BCUT2D eigenvalue weighted by Gasteiger charge is 2.28. The van der Waals surface area contributed by atoms with E-state index in [1.165, 1.54) is 13.0 Å². The van der Waals surface area contributed by atoms with Gasteiger partial charge < -0.3 is 38.2 Å². The van der Waals surface area contributed by atoms with Gasteiger partial charge in [-0.1, -0.05) is 37.8 Å². The Bertz CT molecular complexity index is 2050. The van der Waals surface area contributed by atoms with Gasteiger partial charge in [0.05, 0.1) is 36.3 Å². The van der Waals surface area contributed by atoms with Crippen molar-refractivity contribution in [3.63, 3.8) is 0 Å². The zero-order valence-corrected chi connectivity index (χ0v) is 36.7. The summed E-state index contributed by atoms with van der Waals surface area (Å²) >= 11 is 0. The summed E-state index contributed by atoms with van der Waals surface area (Å²) in [5.41, 5.74) is 3.60. The highest BCUT2D eigenvalue weighted by Crippen LogP contribution is 2.38. The summed E-state index contributed by atoms with van der Waals surface area (Å²) in [4.78, 5) is 33.7. The molecule has 1 atom stereocenters. The fourth-order valence-corrected chi connectivity index (χ4v) is 7.80. The molecule has 0 radical (unpaired) electrons. The standard InChI is InChI=1S/C44H60FN5O8Si/c1-31(51)57-39-26-32(15-16-37(39)48-17-19-49(20-18-48)43(52)58-44(2,3)4)42-34-27-36(46-28-38(34)50(47-42)30-54-24-25-59(5,6)7)41-33(12-10-13-35(41)45)29-53-21-11-23-56-40-14-8-9-22-55-40/h10,12-13,15-16,26-28,40H,8-9,11,14,17-25,29-30H2,1-7H3. The number of halogens is 1. The monoisotopic (exact) mass is 833 g/mol. The van der Waals surface area contributed by atoms with Crippen LogP contribution in [0.2, 0.25) is 25.7 Å². The number of amides is 1. The molecule has 2 aromatic carbocycles. The second-order valence-corrected chi connectivity index (χ2v) is 23.0. The molecule has 320 valence electrons. The summed E-state index contributed by atoms with van der Waals surface area (Å²) in [6.07, 6.45) is 4.98. The van der Waals surface area contributed by atoms with Gasteiger partial charge >= 0.3 is 12.1 Å². The summed E-state index contributed by atoms with van der Waals surface area (Å²) < 4.78 is 52.6. The Morgan fingerprint density at radius 1 is 0.983 bits per heavy atom. The predicted molar refractivity (Wildman–Crippen MR) is 228 cm³/mol. The van der Waals surface area contributed by atoms with Crippen LogP contribution in [0.4, 0.5) is 14.9 Å². The molecule has 0 saturated carbocycles. The van der Waals surface area contributed by atoms with Gasteiger partial charge in [-0.3, -0.25) is 9.78 Å². The molecule has 2 aliphatic rings. The van der Waals surface area contributed by atoms with Crippen molar-refractivity contribution in [2.45, 2.75) is 104 Å². The topological polar surface area (TPSA) is 127 Å². The summed E-state index contributed by atoms with van der Waals surface area (Å²) in [7, 11) is -1.33. The molecule has 2 aromatic heterocycles. The van der Waals surface area contributed by atoms with E-state index in [9.17, 15) is 9.59 Å². The largest absolute Gasteiger partial charge is 0.444 e. The quantitative estimate of drug-likeness (QED) is 0.0466. The molecule has 4 aromatic rings. The van der Waals surface area contributed by atoms with Crippen molar-refractivity contribution >= 4 is 36.7 Å². The van der Waals surface area contributed by atoms with Gasteiger partial charge in [0.2, 0.25) is 0 Å². The number of hydrogen-bond donors (Lipinski definition) is 0. The van der Waals surface area contributed by atoms with E-state index >= 15 is 4.39 Å². The number of hydrogen-bond acceptors (Lipinski definition) is 11. The number of esters is 1. The van der Waals surface area contributed by atoms with E-state index in [1.54, 1.807) is 21.8 Å². The van der Waals surface area contributed by atoms with Gasteiger partial charge in [0, 0.05) is 77.5 Å². The predicted octanol–water partition coefficient (Wildman–Crippen LogP) is 8.65. The maximum absolute atomic E-state index is 15.8. The fourth-order valence-electron chi connectivity index (χ4n) is 7.04. The van der Waals surface area contributed by atoms with Crippen molar-refractivity contribution in [2.24, 2.45) is 0 Å². The zero-order valence-electron chi connectivity index (χ0n) is 35.7. The van der Waals surface area contributed by atoms with Gasteiger partial charge in [0.15, 0.2) is 12.0 Å². The highest BCUT2D eigenvalue weighted by molar-refractivity contribution is 6.76. The molecule has 0 spiro atoms. The first-order valence-electron chi connectivity index (χ1n) is 20.7. The third-order valence-corrected chi connectivity index (χ3v) is 11.8. The van der Waals surface area contributed by atoms with Gasteiger partial charge in [0.25, 0.3) is 0 Å². The number of carbonyl (C=O) groups excluding carboxylic acids is 2. The number of aromatic nitrogens is 3. The smallest absolute Gasteiger partial charge is 0.410 e. The Labute approximate surface area is 348 Å². The summed E-state index contributed by atoms with van der Waals surface area (Å²) in [6.45, 7) is 18.5. The lowest BCUT2D eigenvalue weighted by molar-refractivity contribution is -0.164. The molecule has 0 bridgehead atoms. The number of ether oxygens (including phenoxy) is 6. The number of piperazine rings is 1. The third-order valence-electron chi connectivity index (χ3n) is 10.1. The van der Waals surface area contributed by atoms with E-state index in [-0.39, 0.29) is 25.7 Å². The van der Waals surface area contributed by atoms with Crippen LogP contribution in [0.15, 0.2) is 48.7 Å². The maximum atomic E-state index is 15.8. The van der Waals surface area contributed by atoms with Crippen LogP contribution in [-0.4, -0.2) is 104 Å². The Morgan fingerprint density at radius 2 is 1.78 bits per heavy atom. The van der Waals surface area contributed by atoms with Crippen molar-refractivity contribution in [3.8, 4) is 28.3 Å². The van der Waals surface area contributed by atoms with E-state index in [0.717, 1.165) is 43.0 Å². The van der Waals surface area contributed by atoms with E-state index in [0.29, 0.717) is 91.8 Å². The fraction of sp³-hybridized carbons (Fsp3) is 0.545. The molecule has 59 heavy (non-hydrogen) atoms. The lowest BCUT2D eigenvalue weighted by Gasteiger charge is -2.37. The number of rotatable bonds is 16. The van der Waals surface area contributed by atoms with Crippen LogP contribution in [0.5, 0.6) is 5.75 Å². The number of anilines is 1. The molecule has 1 amide bonds. The van der Waals surface area contributed by atoms with Crippen LogP contribution in [-0.2, 0) is 41.8 Å². The lowest BCUT2D eigenvalue weighted by Crippen LogP contribution is -2.50. The first-order valence-corrected chi connectivity index (χ1v) is 24.4. The van der Waals surface area contributed by atoms with E-state index in [4.69, 9.17) is 38.5 Å². The Balaban J connectivity index is 1.27. The number of fused-ring (bicyclic) bond motifs is 1. The van der Waals surface area contributed by atoms with Gasteiger partial charge in [0.1, 0.15) is 23.8 Å². The maximum Gasteiger partial charge on any atom is 0.410 e. The van der Waals surface area contributed by atoms with E-state index in [2.05, 4.69) is 24.5 Å². The van der Waals surface area contributed by atoms with Gasteiger partial charge in [-0.15, -0.1) is 0 Å². The second kappa shape index (κ2) is 19.8. The molecule has 2 saturated heterocycles. The highest BCUT2D eigenvalue weighted by atomic mass is 28.3. The molecule has 0 N–H and O–H groups in total. The number of nitrogens with zero attached hydrogens (tertiary/aromatic N) is 5. The summed E-state index contributed by atoms with van der Waals surface area (Å²) in [6, 6.07) is 13.5. The molecule has 6 rings (SSSR count). The minimum absolute atomic E-state index is 0.148. The molecule has 2 aliphatic heterocycles. The van der Waals surface area contributed by atoms with Crippen LogP contribution < -0.4 is 9.64 Å². The molecule has 2 fully saturated rings. The van der Waals surface area contributed by atoms with Crippen molar-refractivity contribution in [1.82, 2.24) is 19.7 Å². The molecule has 1 unspecified atom stereocenters. The molecule has 4 heterocycles. The average Bonchev–Trinajstić information content (AvgIpc) is 3.54. The summed E-state index contributed by atoms with van der Waals surface area (Å²) in [5.74, 6) is -0.504. The van der Waals surface area contributed by atoms with Gasteiger partial charge in [-0.2, -0.15) is 5.10 Å². The molecular formula is C44H60FN5O8Si. The minimum Gasteiger partial charge on any atom is -0.444 e. The van der Waals surface area contributed by atoms with Crippen LogP contribution in [0.1, 0.15) is 58.9 Å². The van der Waals surface area contributed by atoms with Crippen LogP contribution >= 0.6 is 0 Å². The lowest BCUT2D eigenvalue weighted by atomic mass is 10.0. The van der Waals surface area contributed by atoms with Crippen LogP contribution in [0, 0.1) is 5.82 Å². The second-order valence-electron chi connectivity index (χ2n) is 17.4. The molecule has 0 aliphatic carbocycles. The van der Waals surface area contributed by atoms with Gasteiger partial charge in [-0.05, 0) is 82.3 Å². The first kappa shape index (κ1) is 44.1. The van der Waals surface area contributed by atoms with Crippen molar-refractivity contribution in [2.75, 3.05) is 57.5 Å². The SMILES string of the molecule is CC(=O)Oc1cc(-c2nn(COCC[Si](C)(C)C)c3cnc(-c4c(F)cccc4COCCCOC4CCCCO4)cc23)ccc1N1CCN(C(=O)OC(C)(C)C)CC1. The van der Waals surface area contributed by atoms with Crippen molar-refractivity contribution < 1.29 is 42.4 Å². The van der Waals surface area contributed by atoms with Gasteiger partial charge in [-0.25, -0.2) is 13.9 Å². The zero-order chi connectivity index (χ0) is 42.2. The molecular weight excluding hydrogens is 774 g/mol. The first-order chi connectivity index (χ1) is 28.1. The minimum atomic E-state index is -1.33. The Kier molecular flexibility index (Phi) is 14.8. The summed E-state index contributed by atoms with van der Waals surface area (Å²) in [5, 5.41) is 5.75.